The Morgan fingerprint density at radius 3 is 2.05 bits per heavy atom. The van der Waals surface area contributed by atoms with E-state index in [4.69, 9.17) is 19.1 Å². The van der Waals surface area contributed by atoms with E-state index in [-0.39, 0.29) is 18.0 Å². The molecular weight excluding hydrogens is 569 g/mol. The highest BCUT2D eigenvalue weighted by molar-refractivity contribution is 5.76. The van der Waals surface area contributed by atoms with Gasteiger partial charge in [0.05, 0.1) is 30.5 Å². The number of rotatable bonds is 8. The van der Waals surface area contributed by atoms with Crippen LogP contribution in [-0.2, 0) is 24.1 Å². The molecule has 0 aliphatic heterocycles. The first-order chi connectivity index (χ1) is 20.8. The molecule has 0 spiro atoms. The molecule has 0 bridgehead atoms. The van der Waals surface area contributed by atoms with Gasteiger partial charge >= 0.3 is 5.97 Å². The van der Waals surface area contributed by atoms with Crippen LogP contribution >= 0.6 is 0 Å². The molecule has 11 heteroatoms. The number of ether oxygens (including phenoxy) is 1. The molecule has 0 saturated heterocycles. The topological polar surface area (TPSA) is 69.6 Å². The first-order valence-corrected chi connectivity index (χ1v) is 13.0. The standard InChI is InChI=1S/C32H20F5N3O3/c33-26-21(27(34)29(36)30(37)28(26)35)16-25(41)43-32-23(15-20-12-7-13-42-20)39-31-22(14-18-8-3-1-4-9-18)38-24(17-40(31)32)19-10-5-2-6-11-19/h1-13,17H,14-16H2. The Hall–Kier alpha value is -5.32. The van der Waals surface area contributed by atoms with Crippen LogP contribution in [0.1, 0.15) is 28.3 Å². The molecule has 0 aliphatic carbocycles. The van der Waals surface area contributed by atoms with E-state index in [1.807, 2.05) is 60.7 Å². The van der Waals surface area contributed by atoms with E-state index in [0.29, 0.717) is 29.2 Å². The molecule has 6 rings (SSSR count). The Balaban J connectivity index is 1.48. The summed E-state index contributed by atoms with van der Waals surface area (Å²) in [5, 5.41) is 0. The number of nitrogens with zero attached hydrogens (tertiary/aromatic N) is 3. The van der Waals surface area contributed by atoms with Crippen LogP contribution in [-0.4, -0.2) is 20.3 Å². The van der Waals surface area contributed by atoms with E-state index in [1.165, 1.54) is 10.7 Å². The lowest BCUT2D eigenvalue weighted by Crippen LogP contribution is -2.17. The van der Waals surface area contributed by atoms with Crippen LogP contribution in [0.15, 0.2) is 89.7 Å². The lowest BCUT2D eigenvalue weighted by Gasteiger charge is -2.11. The number of furan rings is 1. The molecule has 0 radical (unpaired) electrons. The van der Waals surface area contributed by atoms with Gasteiger partial charge in [-0.1, -0.05) is 60.7 Å². The fourth-order valence-corrected chi connectivity index (χ4v) is 4.69. The predicted octanol–water partition coefficient (Wildman–Crippen LogP) is 7.01. The maximum atomic E-state index is 14.4. The highest BCUT2D eigenvalue weighted by atomic mass is 19.2. The van der Waals surface area contributed by atoms with Crippen molar-refractivity contribution < 1.29 is 35.9 Å². The van der Waals surface area contributed by atoms with Gasteiger partial charge in [0.1, 0.15) is 11.5 Å². The van der Waals surface area contributed by atoms with Gasteiger partial charge in [0, 0.05) is 23.7 Å². The summed E-state index contributed by atoms with van der Waals surface area (Å²) in [5.41, 5.74) is 1.99. The number of fused-ring (bicyclic) bond motifs is 1. The van der Waals surface area contributed by atoms with Gasteiger partial charge in [-0.15, -0.1) is 0 Å². The molecule has 0 unspecified atom stereocenters. The molecule has 0 fully saturated rings. The van der Waals surface area contributed by atoms with Gasteiger partial charge < -0.3 is 9.15 Å². The summed E-state index contributed by atoms with van der Waals surface area (Å²) in [6.07, 6.45) is 2.24. The van der Waals surface area contributed by atoms with E-state index in [2.05, 4.69) is 0 Å². The SMILES string of the molecule is O=C(Cc1c(F)c(F)c(F)c(F)c1F)Oc1c(Cc2ccco2)nc2c(Cc3ccccc3)nc(-c3ccccc3)cn12. The molecular formula is C32H20F5N3O3. The normalized spacial score (nSPS) is 11.3. The van der Waals surface area contributed by atoms with E-state index in [9.17, 15) is 26.7 Å². The van der Waals surface area contributed by atoms with Gasteiger partial charge in [-0.25, -0.2) is 31.9 Å². The zero-order valence-electron chi connectivity index (χ0n) is 22.2. The van der Waals surface area contributed by atoms with Crippen LogP contribution in [0.2, 0.25) is 0 Å². The molecule has 3 aromatic heterocycles. The second-order valence-corrected chi connectivity index (χ2v) is 9.61. The number of carbonyl (C=O) groups excluding carboxylic acids is 1. The van der Waals surface area contributed by atoms with Crippen molar-refractivity contribution in [2.75, 3.05) is 0 Å². The number of imidazole rings is 1. The Bertz CT molecular complexity index is 1910. The maximum Gasteiger partial charge on any atom is 0.317 e. The summed E-state index contributed by atoms with van der Waals surface area (Å²) >= 11 is 0. The molecule has 0 saturated carbocycles. The molecule has 6 nitrogen and oxygen atoms in total. The van der Waals surface area contributed by atoms with E-state index >= 15 is 0 Å². The predicted molar refractivity (Wildman–Crippen MR) is 145 cm³/mol. The summed E-state index contributed by atoms with van der Waals surface area (Å²) in [6, 6.07) is 22.0. The minimum Gasteiger partial charge on any atom is -0.469 e. The van der Waals surface area contributed by atoms with E-state index in [1.54, 1.807) is 18.3 Å². The quantitative estimate of drug-likeness (QED) is 0.0827. The summed E-state index contributed by atoms with van der Waals surface area (Å²) < 4.78 is 82.4. The van der Waals surface area contributed by atoms with Crippen LogP contribution < -0.4 is 4.74 Å². The Kier molecular flexibility index (Phi) is 7.45. The fourth-order valence-electron chi connectivity index (χ4n) is 4.69. The first kappa shape index (κ1) is 27.8. The third kappa shape index (κ3) is 5.49. The fraction of sp³-hybridized carbons (Fsp3) is 0.0938. The monoisotopic (exact) mass is 589 g/mol. The number of hydrogen-bond donors (Lipinski definition) is 0. The average Bonchev–Trinajstić information content (AvgIpc) is 3.66. The second kappa shape index (κ2) is 11.5. The van der Waals surface area contributed by atoms with Crippen molar-refractivity contribution in [2.24, 2.45) is 0 Å². The molecule has 0 atom stereocenters. The average molecular weight is 590 g/mol. The number of esters is 1. The number of carbonyl (C=O) groups is 1. The van der Waals surface area contributed by atoms with E-state index in [0.717, 1.165) is 11.1 Å². The van der Waals surface area contributed by atoms with E-state index < -0.39 is 47.0 Å². The minimum atomic E-state index is -2.32. The number of benzene rings is 3. The zero-order chi connectivity index (χ0) is 30.1. The second-order valence-electron chi connectivity index (χ2n) is 9.61. The van der Waals surface area contributed by atoms with Crippen LogP contribution in [0.3, 0.4) is 0 Å². The Morgan fingerprint density at radius 1 is 0.744 bits per heavy atom. The molecule has 3 aromatic carbocycles. The summed E-state index contributed by atoms with van der Waals surface area (Å²) in [6.45, 7) is 0. The van der Waals surface area contributed by atoms with Gasteiger partial charge in [-0.05, 0) is 17.7 Å². The van der Waals surface area contributed by atoms with Crippen LogP contribution in [0.5, 0.6) is 5.88 Å². The lowest BCUT2D eigenvalue weighted by atomic mass is 10.1. The highest BCUT2D eigenvalue weighted by Gasteiger charge is 2.29. The number of aromatic nitrogens is 3. The summed E-state index contributed by atoms with van der Waals surface area (Å²) in [4.78, 5) is 22.6. The van der Waals surface area contributed by atoms with Gasteiger partial charge in [-0.3, -0.25) is 9.20 Å². The van der Waals surface area contributed by atoms with Gasteiger partial charge in [0.2, 0.25) is 11.7 Å². The molecule has 6 aromatic rings. The maximum absolute atomic E-state index is 14.4. The van der Waals surface area contributed by atoms with Crippen molar-refractivity contribution in [1.29, 1.82) is 0 Å². The van der Waals surface area contributed by atoms with Crippen molar-refractivity contribution in [3.8, 4) is 17.1 Å². The molecule has 0 amide bonds. The van der Waals surface area contributed by atoms with Crippen molar-refractivity contribution in [3.05, 3.63) is 143 Å². The molecule has 0 N–H and O–H groups in total. The molecule has 3 heterocycles. The van der Waals surface area contributed by atoms with Gasteiger partial charge in [0.15, 0.2) is 28.9 Å². The lowest BCUT2D eigenvalue weighted by molar-refractivity contribution is -0.134. The number of halogens is 5. The van der Waals surface area contributed by atoms with Gasteiger partial charge in [0.25, 0.3) is 0 Å². The minimum absolute atomic E-state index is 0.0608. The van der Waals surface area contributed by atoms with Crippen molar-refractivity contribution in [2.45, 2.75) is 19.3 Å². The third-order valence-electron chi connectivity index (χ3n) is 6.74. The highest BCUT2D eigenvalue weighted by Crippen LogP contribution is 2.30. The number of hydrogen-bond acceptors (Lipinski definition) is 5. The summed E-state index contributed by atoms with van der Waals surface area (Å²) in [5.74, 6) is -11.8. The summed E-state index contributed by atoms with van der Waals surface area (Å²) in [7, 11) is 0. The largest absolute Gasteiger partial charge is 0.469 e. The first-order valence-electron chi connectivity index (χ1n) is 13.0. The Labute approximate surface area is 241 Å². The molecule has 216 valence electrons. The molecule has 0 aliphatic rings. The van der Waals surface area contributed by atoms with Crippen LogP contribution in [0.4, 0.5) is 22.0 Å². The van der Waals surface area contributed by atoms with Gasteiger partial charge in [-0.2, -0.15) is 0 Å². The smallest absolute Gasteiger partial charge is 0.317 e. The van der Waals surface area contributed by atoms with Crippen molar-refractivity contribution in [1.82, 2.24) is 14.4 Å². The zero-order valence-corrected chi connectivity index (χ0v) is 22.2. The van der Waals surface area contributed by atoms with Crippen molar-refractivity contribution in [3.63, 3.8) is 0 Å². The Morgan fingerprint density at radius 2 is 1.40 bits per heavy atom. The van der Waals surface area contributed by atoms with Crippen molar-refractivity contribution >= 4 is 11.6 Å². The third-order valence-corrected chi connectivity index (χ3v) is 6.74. The van der Waals surface area contributed by atoms with Crippen LogP contribution in [0.25, 0.3) is 16.9 Å². The van der Waals surface area contributed by atoms with Crippen LogP contribution in [0, 0.1) is 29.1 Å². The molecule has 43 heavy (non-hydrogen) atoms.